The third kappa shape index (κ3) is 3.55. The van der Waals surface area contributed by atoms with Gasteiger partial charge >= 0.3 is 0 Å². The molecule has 0 fully saturated rings. The summed E-state index contributed by atoms with van der Waals surface area (Å²) in [7, 11) is -3.86. The Kier molecular flexibility index (Phi) is 4.55. The first-order chi connectivity index (χ1) is 9.81. The van der Waals surface area contributed by atoms with Gasteiger partial charge in [0.25, 0.3) is 15.9 Å². The van der Waals surface area contributed by atoms with Crippen molar-refractivity contribution in [3.05, 3.63) is 57.5 Å². The lowest BCUT2D eigenvalue weighted by atomic mass is 10.2. The first-order valence-corrected chi connectivity index (χ1v) is 8.33. The van der Waals surface area contributed by atoms with E-state index in [0.29, 0.717) is 9.50 Å². The Balaban J connectivity index is 2.42. The van der Waals surface area contributed by atoms with Crippen molar-refractivity contribution in [3.63, 3.8) is 0 Å². The molecule has 0 atom stereocenters. The van der Waals surface area contributed by atoms with E-state index < -0.39 is 15.9 Å². The second-order valence-corrected chi connectivity index (χ2v) is 7.04. The first kappa shape index (κ1) is 15.8. The number of amides is 1. The summed E-state index contributed by atoms with van der Waals surface area (Å²) in [4.78, 5) is 11.3. The molecule has 0 radical (unpaired) electrons. The zero-order chi connectivity index (χ0) is 15.6. The quantitative estimate of drug-likeness (QED) is 0.842. The molecule has 0 aliphatic carbocycles. The van der Waals surface area contributed by atoms with Crippen LogP contribution in [0.2, 0.25) is 5.02 Å². The van der Waals surface area contributed by atoms with Crippen LogP contribution in [0.25, 0.3) is 0 Å². The first-order valence-electron chi connectivity index (χ1n) is 5.68. The van der Waals surface area contributed by atoms with Gasteiger partial charge in [-0.1, -0.05) is 23.7 Å². The van der Waals surface area contributed by atoms with E-state index >= 15 is 0 Å². The normalized spacial score (nSPS) is 11.1. The maximum Gasteiger partial charge on any atom is 0.261 e. The van der Waals surface area contributed by atoms with Gasteiger partial charge < -0.3 is 5.73 Å². The highest BCUT2D eigenvalue weighted by Gasteiger charge is 2.18. The molecule has 0 bridgehead atoms. The molecule has 0 heterocycles. The van der Waals surface area contributed by atoms with Crippen molar-refractivity contribution in [2.45, 2.75) is 4.90 Å². The van der Waals surface area contributed by atoms with Gasteiger partial charge in [0.15, 0.2) is 0 Å². The molecule has 0 unspecified atom stereocenters. The fraction of sp³-hybridized carbons (Fsp3) is 0. The van der Waals surface area contributed by atoms with E-state index in [4.69, 9.17) is 17.3 Å². The predicted molar refractivity (Wildman–Crippen MR) is 84.9 cm³/mol. The molecule has 8 heteroatoms. The number of para-hydroxylation sites is 1. The topological polar surface area (TPSA) is 89.3 Å². The van der Waals surface area contributed by atoms with E-state index in [2.05, 4.69) is 20.7 Å². The van der Waals surface area contributed by atoms with Gasteiger partial charge in [-0.2, -0.15) is 0 Å². The van der Waals surface area contributed by atoms with Crippen LogP contribution in [0.3, 0.4) is 0 Å². The second kappa shape index (κ2) is 6.05. The molecule has 0 spiro atoms. The number of nitrogens with two attached hydrogens (primary N) is 1. The lowest BCUT2D eigenvalue weighted by Gasteiger charge is -2.11. The number of benzene rings is 2. The highest BCUT2D eigenvalue weighted by atomic mass is 79.9. The average molecular weight is 390 g/mol. The molecular weight excluding hydrogens is 380 g/mol. The molecule has 0 saturated heterocycles. The Labute approximate surface area is 135 Å². The number of carbonyl (C=O) groups excluding carboxylic acids is 1. The van der Waals surface area contributed by atoms with Crippen LogP contribution in [0.15, 0.2) is 51.8 Å². The van der Waals surface area contributed by atoms with Crippen molar-refractivity contribution in [2.24, 2.45) is 5.73 Å². The Morgan fingerprint density at radius 1 is 1.19 bits per heavy atom. The lowest BCUT2D eigenvalue weighted by molar-refractivity contribution is 0.100. The fourth-order valence-corrected chi connectivity index (χ4v) is 3.39. The average Bonchev–Trinajstić information content (AvgIpc) is 2.41. The van der Waals surface area contributed by atoms with Crippen molar-refractivity contribution < 1.29 is 13.2 Å². The second-order valence-electron chi connectivity index (χ2n) is 4.09. The molecule has 110 valence electrons. The van der Waals surface area contributed by atoms with Crippen LogP contribution in [0.5, 0.6) is 0 Å². The number of carbonyl (C=O) groups is 1. The summed E-state index contributed by atoms with van der Waals surface area (Å²) in [5.41, 5.74) is 5.43. The van der Waals surface area contributed by atoms with Gasteiger partial charge in [-0.3, -0.25) is 9.52 Å². The zero-order valence-electron chi connectivity index (χ0n) is 10.5. The van der Waals surface area contributed by atoms with E-state index in [0.717, 1.165) is 0 Å². The number of hydrogen-bond donors (Lipinski definition) is 2. The van der Waals surface area contributed by atoms with Crippen LogP contribution in [0, 0.1) is 0 Å². The number of halogens is 2. The smallest absolute Gasteiger partial charge is 0.261 e. The van der Waals surface area contributed by atoms with Gasteiger partial charge in [0.05, 0.1) is 21.2 Å². The van der Waals surface area contributed by atoms with Crippen LogP contribution in [0.1, 0.15) is 10.4 Å². The number of anilines is 1. The molecule has 0 saturated carbocycles. The van der Waals surface area contributed by atoms with Gasteiger partial charge in [-0.05, 0) is 46.3 Å². The summed E-state index contributed by atoms with van der Waals surface area (Å²) in [6.07, 6.45) is 0. The number of rotatable bonds is 4. The molecular formula is C13H10BrClN2O3S. The highest BCUT2D eigenvalue weighted by Crippen LogP contribution is 2.27. The van der Waals surface area contributed by atoms with Gasteiger partial charge in [0.1, 0.15) is 0 Å². The van der Waals surface area contributed by atoms with Crippen molar-refractivity contribution in [3.8, 4) is 0 Å². The molecule has 0 aliphatic rings. The van der Waals surface area contributed by atoms with E-state index in [1.165, 1.54) is 30.3 Å². The Bertz CT molecular complexity index is 809. The van der Waals surface area contributed by atoms with E-state index in [1.54, 1.807) is 12.1 Å². The lowest BCUT2D eigenvalue weighted by Crippen LogP contribution is -2.18. The van der Waals surface area contributed by atoms with Crippen LogP contribution >= 0.6 is 27.5 Å². The van der Waals surface area contributed by atoms with E-state index in [-0.39, 0.29) is 16.1 Å². The molecule has 0 aliphatic heterocycles. The van der Waals surface area contributed by atoms with Crippen molar-refractivity contribution in [1.82, 2.24) is 0 Å². The molecule has 3 N–H and O–H groups in total. The van der Waals surface area contributed by atoms with Crippen LogP contribution in [0.4, 0.5) is 5.69 Å². The minimum absolute atomic E-state index is 0.0121. The molecule has 2 aromatic rings. The minimum Gasteiger partial charge on any atom is -0.366 e. The zero-order valence-corrected chi connectivity index (χ0v) is 13.7. The Hall–Kier alpha value is -1.57. The highest BCUT2D eigenvalue weighted by molar-refractivity contribution is 9.10. The monoisotopic (exact) mass is 388 g/mol. The number of hydrogen-bond acceptors (Lipinski definition) is 3. The van der Waals surface area contributed by atoms with Gasteiger partial charge in [0.2, 0.25) is 0 Å². The van der Waals surface area contributed by atoms with Crippen LogP contribution in [-0.4, -0.2) is 14.3 Å². The molecule has 5 nitrogen and oxygen atoms in total. The third-order valence-corrected chi connectivity index (χ3v) is 5.22. The van der Waals surface area contributed by atoms with Crippen molar-refractivity contribution >= 4 is 49.1 Å². The summed E-state index contributed by atoms with van der Waals surface area (Å²) in [6.45, 7) is 0. The maximum atomic E-state index is 12.3. The van der Waals surface area contributed by atoms with Gasteiger partial charge in [-0.25, -0.2) is 8.42 Å². The summed E-state index contributed by atoms with van der Waals surface area (Å²) in [5, 5.41) is 0.395. The number of sulfonamides is 1. The van der Waals surface area contributed by atoms with Gasteiger partial charge in [-0.15, -0.1) is 0 Å². The van der Waals surface area contributed by atoms with E-state index in [1.807, 2.05) is 0 Å². The van der Waals surface area contributed by atoms with Gasteiger partial charge in [0, 0.05) is 4.47 Å². The number of primary amides is 1. The fourth-order valence-electron chi connectivity index (χ4n) is 1.63. The van der Waals surface area contributed by atoms with E-state index in [9.17, 15) is 13.2 Å². The molecule has 1 amide bonds. The third-order valence-electron chi connectivity index (χ3n) is 2.64. The minimum atomic E-state index is -3.86. The summed E-state index contributed by atoms with van der Waals surface area (Å²) in [5.74, 6) is -0.717. The molecule has 2 aromatic carbocycles. The summed E-state index contributed by atoms with van der Waals surface area (Å²) in [6, 6.07) is 10.3. The molecule has 0 aromatic heterocycles. The molecule has 21 heavy (non-hydrogen) atoms. The SMILES string of the molecule is NC(=O)c1ccccc1NS(=O)(=O)c1ccc(Cl)c(Br)c1. The summed E-state index contributed by atoms with van der Waals surface area (Å²) >= 11 is 9.00. The predicted octanol–water partition coefficient (Wildman–Crippen LogP) is 3.00. The van der Waals surface area contributed by atoms with Crippen molar-refractivity contribution in [1.29, 1.82) is 0 Å². The Morgan fingerprint density at radius 3 is 2.48 bits per heavy atom. The standard InChI is InChI=1S/C13H10BrClN2O3S/c14-10-7-8(5-6-11(10)15)21(19,20)17-12-4-2-1-3-9(12)13(16)18/h1-7,17H,(H2,16,18). The van der Waals surface area contributed by atoms with Crippen LogP contribution in [-0.2, 0) is 10.0 Å². The molecule has 2 rings (SSSR count). The largest absolute Gasteiger partial charge is 0.366 e. The van der Waals surface area contributed by atoms with Crippen molar-refractivity contribution in [2.75, 3.05) is 4.72 Å². The summed E-state index contributed by atoms with van der Waals surface area (Å²) < 4.78 is 27.4. The number of nitrogens with one attached hydrogen (secondary N) is 1. The van der Waals surface area contributed by atoms with Crippen LogP contribution < -0.4 is 10.5 Å². The Morgan fingerprint density at radius 2 is 1.86 bits per heavy atom. The maximum absolute atomic E-state index is 12.3.